The first kappa shape index (κ1) is 13.3. The summed E-state index contributed by atoms with van der Waals surface area (Å²) in [6, 6.07) is 0.453. The molecule has 1 fully saturated rings. The summed E-state index contributed by atoms with van der Waals surface area (Å²) in [7, 11) is 0. The number of amides is 1. The standard InChI is InChI=1S/C12H24N2O2/c1-9(2)14(10-6-7-13-8-10)11(15)16-12(3,4)5/h9-10,13H,6-8H2,1-5H3/t10-/m1/s1. The van der Waals surface area contributed by atoms with Crippen molar-refractivity contribution in [3.8, 4) is 0 Å². The average Bonchev–Trinajstić information content (AvgIpc) is 2.52. The first-order valence-corrected chi connectivity index (χ1v) is 6.03. The van der Waals surface area contributed by atoms with Gasteiger partial charge in [-0.3, -0.25) is 0 Å². The zero-order chi connectivity index (χ0) is 12.3. The van der Waals surface area contributed by atoms with Crippen LogP contribution >= 0.6 is 0 Å². The Morgan fingerprint density at radius 3 is 2.44 bits per heavy atom. The predicted molar refractivity (Wildman–Crippen MR) is 64.5 cm³/mol. The van der Waals surface area contributed by atoms with Gasteiger partial charge in [0, 0.05) is 18.6 Å². The van der Waals surface area contributed by atoms with E-state index in [1.165, 1.54) is 0 Å². The van der Waals surface area contributed by atoms with Crippen LogP contribution < -0.4 is 5.32 Å². The molecule has 1 aliphatic rings. The summed E-state index contributed by atoms with van der Waals surface area (Å²) in [6.45, 7) is 11.6. The maximum Gasteiger partial charge on any atom is 0.410 e. The third kappa shape index (κ3) is 3.67. The number of ether oxygens (including phenoxy) is 1. The van der Waals surface area contributed by atoms with Gasteiger partial charge in [0.2, 0.25) is 0 Å². The van der Waals surface area contributed by atoms with E-state index >= 15 is 0 Å². The third-order valence-electron chi connectivity index (χ3n) is 2.59. The normalized spacial score (nSPS) is 21.2. The van der Waals surface area contributed by atoms with Crippen LogP contribution in [0.5, 0.6) is 0 Å². The van der Waals surface area contributed by atoms with E-state index in [1.54, 1.807) is 0 Å². The van der Waals surface area contributed by atoms with Gasteiger partial charge in [0.1, 0.15) is 5.60 Å². The summed E-state index contributed by atoms with van der Waals surface area (Å²) in [4.78, 5) is 13.9. The molecular weight excluding hydrogens is 204 g/mol. The number of hydrogen-bond donors (Lipinski definition) is 1. The van der Waals surface area contributed by atoms with Crippen molar-refractivity contribution < 1.29 is 9.53 Å². The Labute approximate surface area is 98.3 Å². The van der Waals surface area contributed by atoms with Crippen LogP contribution in [0.3, 0.4) is 0 Å². The third-order valence-corrected chi connectivity index (χ3v) is 2.59. The van der Waals surface area contributed by atoms with Crippen molar-refractivity contribution in [2.24, 2.45) is 0 Å². The van der Waals surface area contributed by atoms with Crippen LogP contribution in [0, 0.1) is 0 Å². The fourth-order valence-electron chi connectivity index (χ4n) is 1.97. The van der Waals surface area contributed by atoms with Crippen LogP contribution in [0.4, 0.5) is 4.79 Å². The molecule has 4 heteroatoms. The summed E-state index contributed by atoms with van der Waals surface area (Å²) >= 11 is 0. The summed E-state index contributed by atoms with van der Waals surface area (Å²) < 4.78 is 5.43. The van der Waals surface area contributed by atoms with E-state index in [-0.39, 0.29) is 18.2 Å². The van der Waals surface area contributed by atoms with Gasteiger partial charge in [-0.1, -0.05) is 0 Å². The number of nitrogens with zero attached hydrogens (tertiary/aromatic N) is 1. The molecule has 0 aliphatic carbocycles. The van der Waals surface area contributed by atoms with Crippen molar-refractivity contribution in [3.05, 3.63) is 0 Å². The van der Waals surface area contributed by atoms with Gasteiger partial charge < -0.3 is 15.0 Å². The van der Waals surface area contributed by atoms with Crippen molar-refractivity contribution in [2.75, 3.05) is 13.1 Å². The molecule has 1 rings (SSSR count). The van der Waals surface area contributed by atoms with Gasteiger partial charge in [0.25, 0.3) is 0 Å². The van der Waals surface area contributed by atoms with Crippen molar-refractivity contribution in [3.63, 3.8) is 0 Å². The lowest BCUT2D eigenvalue weighted by Crippen LogP contribution is -2.48. The molecule has 1 N–H and O–H groups in total. The van der Waals surface area contributed by atoms with Crippen LogP contribution in [0.2, 0.25) is 0 Å². The molecule has 1 atom stereocenters. The van der Waals surface area contributed by atoms with E-state index in [1.807, 2.05) is 39.5 Å². The topological polar surface area (TPSA) is 41.6 Å². The second kappa shape index (κ2) is 5.04. The highest BCUT2D eigenvalue weighted by Crippen LogP contribution is 2.17. The Hall–Kier alpha value is -0.770. The lowest BCUT2D eigenvalue weighted by molar-refractivity contribution is 0.0105. The largest absolute Gasteiger partial charge is 0.444 e. The van der Waals surface area contributed by atoms with Crippen LogP contribution in [0.1, 0.15) is 41.0 Å². The molecule has 1 saturated heterocycles. The Morgan fingerprint density at radius 1 is 1.44 bits per heavy atom. The van der Waals surface area contributed by atoms with Crippen molar-refractivity contribution in [1.82, 2.24) is 10.2 Å². The zero-order valence-corrected chi connectivity index (χ0v) is 11.0. The van der Waals surface area contributed by atoms with Crippen LogP contribution in [-0.2, 0) is 4.74 Å². The molecule has 1 aliphatic heterocycles. The summed E-state index contributed by atoms with van der Waals surface area (Å²) in [5, 5.41) is 3.28. The number of carbonyl (C=O) groups is 1. The molecule has 0 spiro atoms. The van der Waals surface area contributed by atoms with E-state index in [9.17, 15) is 4.79 Å². The molecule has 94 valence electrons. The molecule has 0 aromatic carbocycles. The molecule has 0 aromatic rings. The number of carbonyl (C=O) groups excluding carboxylic acids is 1. The smallest absolute Gasteiger partial charge is 0.410 e. The second-order valence-electron chi connectivity index (χ2n) is 5.63. The minimum Gasteiger partial charge on any atom is -0.444 e. The Kier molecular flexibility index (Phi) is 4.19. The van der Waals surface area contributed by atoms with Crippen molar-refractivity contribution in [2.45, 2.75) is 58.7 Å². The van der Waals surface area contributed by atoms with Gasteiger partial charge >= 0.3 is 6.09 Å². The molecule has 0 aromatic heterocycles. The minimum atomic E-state index is -0.420. The van der Waals surface area contributed by atoms with Crippen LogP contribution in [0.15, 0.2) is 0 Å². The molecule has 0 saturated carbocycles. The Balaban J connectivity index is 2.66. The molecule has 0 radical (unpaired) electrons. The van der Waals surface area contributed by atoms with Crippen molar-refractivity contribution in [1.29, 1.82) is 0 Å². The highest BCUT2D eigenvalue weighted by Gasteiger charge is 2.31. The van der Waals surface area contributed by atoms with E-state index in [2.05, 4.69) is 5.32 Å². The first-order valence-electron chi connectivity index (χ1n) is 6.03. The van der Waals surface area contributed by atoms with Crippen molar-refractivity contribution >= 4 is 6.09 Å². The molecule has 4 nitrogen and oxygen atoms in total. The molecular formula is C12H24N2O2. The molecule has 1 amide bonds. The lowest BCUT2D eigenvalue weighted by Gasteiger charge is -2.34. The number of hydrogen-bond acceptors (Lipinski definition) is 3. The van der Waals surface area contributed by atoms with E-state index < -0.39 is 5.60 Å². The zero-order valence-electron chi connectivity index (χ0n) is 11.0. The van der Waals surface area contributed by atoms with Gasteiger partial charge in [0.05, 0.1) is 0 Å². The number of rotatable bonds is 2. The van der Waals surface area contributed by atoms with Crippen LogP contribution in [-0.4, -0.2) is 41.8 Å². The Morgan fingerprint density at radius 2 is 2.06 bits per heavy atom. The number of nitrogens with one attached hydrogen (secondary N) is 1. The maximum atomic E-state index is 12.1. The molecule has 1 heterocycles. The predicted octanol–water partition coefficient (Wildman–Crippen LogP) is 1.99. The maximum absolute atomic E-state index is 12.1. The fourth-order valence-corrected chi connectivity index (χ4v) is 1.97. The van der Waals surface area contributed by atoms with E-state index in [4.69, 9.17) is 4.74 Å². The SMILES string of the molecule is CC(C)N(C(=O)OC(C)(C)C)[C@@H]1CCNC1. The molecule has 16 heavy (non-hydrogen) atoms. The van der Waals surface area contributed by atoms with Gasteiger partial charge in [-0.2, -0.15) is 0 Å². The fraction of sp³-hybridized carbons (Fsp3) is 0.917. The highest BCUT2D eigenvalue weighted by atomic mass is 16.6. The lowest BCUT2D eigenvalue weighted by atomic mass is 10.2. The van der Waals surface area contributed by atoms with Gasteiger partial charge in [0.15, 0.2) is 0 Å². The average molecular weight is 228 g/mol. The highest BCUT2D eigenvalue weighted by molar-refractivity contribution is 5.69. The van der Waals surface area contributed by atoms with Crippen LogP contribution in [0.25, 0.3) is 0 Å². The quantitative estimate of drug-likeness (QED) is 0.786. The van der Waals surface area contributed by atoms with E-state index in [0.29, 0.717) is 0 Å². The van der Waals surface area contributed by atoms with Gasteiger partial charge in [-0.05, 0) is 47.6 Å². The minimum absolute atomic E-state index is 0.180. The second-order valence-corrected chi connectivity index (χ2v) is 5.63. The van der Waals surface area contributed by atoms with E-state index in [0.717, 1.165) is 19.5 Å². The van der Waals surface area contributed by atoms with Gasteiger partial charge in [-0.25, -0.2) is 4.79 Å². The summed E-state index contributed by atoms with van der Waals surface area (Å²) in [6.07, 6.45) is 0.813. The van der Waals surface area contributed by atoms with Gasteiger partial charge in [-0.15, -0.1) is 0 Å². The monoisotopic (exact) mass is 228 g/mol. The summed E-state index contributed by atoms with van der Waals surface area (Å²) in [5.41, 5.74) is -0.420. The molecule has 0 unspecified atom stereocenters. The molecule has 0 bridgehead atoms. The summed E-state index contributed by atoms with van der Waals surface area (Å²) in [5.74, 6) is 0. The Bertz CT molecular complexity index is 240. The first-order chi connectivity index (χ1) is 7.31.